The molecule has 3 nitrogen and oxygen atoms in total. The van der Waals surface area contributed by atoms with Gasteiger partial charge in [0.1, 0.15) is 36.1 Å². The van der Waals surface area contributed by atoms with Gasteiger partial charge in [0.2, 0.25) is 0 Å². The van der Waals surface area contributed by atoms with E-state index in [1.165, 1.54) is 24.8 Å². The molecule has 2 aliphatic rings. The number of rotatable bonds is 8. The van der Waals surface area contributed by atoms with Gasteiger partial charge in [-0.15, -0.1) is 0 Å². The molecule has 0 saturated carbocycles. The van der Waals surface area contributed by atoms with Gasteiger partial charge in [-0.05, 0) is 74.2 Å². The molecule has 0 atom stereocenters. The van der Waals surface area contributed by atoms with Gasteiger partial charge in [-0.2, -0.15) is 0 Å². The standard InChI is InChI=1S/C32H34O3/c1-4-5-7-10-23-13-15-27(30(19-23)33-21-24-11-8-6-9-12-24)26-20-25-14-16-29-28(31(25)34-22-26)17-18-32(2,3)35-29/h6,8-9,11-20H,4-5,7,10,21-22H2,1-3H3. The zero-order chi connectivity index (χ0) is 24.3. The van der Waals surface area contributed by atoms with Crippen LogP contribution in [0.5, 0.6) is 17.2 Å². The summed E-state index contributed by atoms with van der Waals surface area (Å²) >= 11 is 0. The van der Waals surface area contributed by atoms with Gasteiger partial charge in [0.05, 0.1) is 5.56 Å². The Morgan fingerprint density at radius 1 is 0.943 bits per heavy atom. The van der Waals surface area contributed by atoms with Crippen LogP contribution in [-0.4, -0.2) is 12.2 Å². The topological polar surface area (TPSA) is 27.7 Å². The van der Waals surface area contributed by atoms with Crippen LogP contribution in [0.1, 0.15) is 67.9 Å². The lowest BCUT2D eigenvalue weighted by molar-refractivity contribution is 0.158. The maximum atomic E-state index is 6.40. The molecule has 0 amide bonds. The number of hydrogen-bond acceptors (Lipinski definition) is 3. The summed E-state index contributed by atoms with van der Waals surface area (Å²) in [6.07, 6.45) is 11.2. The Labute approximate surface area is 209 Å². The molecule has 0 unspecified atom stereocenters. The van der Waals surface area contributed by atoms with Crippen LogP contribution < -0.4 is 14.2 Å². The minimum atomic E-state index is -0.305. The quantitative estimate of drug-likeness (QED) is 0.314. The molecule has 0 radical (unpaired) electrons. The summed E-state index contributed by atoms with van der Waals surface area (Å²) in [6, 6.07) is 21.1. The Morgan fingerprint density at radius 3 is 2.63 bits per heavy atom. The molecule has 2 heterocycles. The summed E-state index contributed by atoms with van der Waals surface area (Å²) in [5, 5.41) is 0. The third kappa shape index (κ3) is 5.30. The maximum Gasteiger partial charge on any atom is 0.137 e. The lowest BCUT2D eigenvalue weighted by atomic mass is 9.94. The summed E-state index contributed by atoms with van der Waals surface area (Å²) < 4.78 is 18.9. The number of hydrogen-bond donors (Lipinski definition) is 0. The fourth-order valence-corrected chi connectivity index (χ4v) is 4.68. The lowest BCUT2D eigenvalue weighted by Crippen LogP contribution is -2.27. The van der Waals surface area contributed by atoms with Gasteiger partial charge in [-0.1, -0.05) is 62.2 Å². The predicted molar refractivity (Wildman–Crippen MR) is 144 cm³/mol. The highest BCUT2D eigenvalue weighted by Crippen LogP contribution is 2.43. The van der Waals surface area contributed by atoms with E-state index in [4.69, 9.17) is 14.2 Å². The fourth-order valence-electron chi connectivity index (χ4n) is 4.68. The van der Waals surface area contributed by atoms with E-state index in [9.17, 15) is 0 Å². The molecule has 5 rings (SSSR count). The summed E-state index contributed by atoms with van der Waals surface area (Å²) in [5.74, 6) is 2.68. The Kier molecular flexibility index (Phi) is 6.68. The molecule has 0 aromatic heterocycles. The van der Waals surface area contributed by atoms with Crippen molar-refractivity contribution in [1.82, 2.24) is 0 Å². The van der Waals surface area contributed by atoms with Crippen LogP contribution in [-0.2, 0) is 13.0 Å². The Balaban J connectivity index is 1.46. The second-order valence-electron chi connectivity index (χ2n) is 9.95. The van der Waals surface area contributed by atoms with Gasteiger partial charge in [0, 0.05) is 16.7 Å². The van der Waals surface area contributed by atoms with Crippen LogP contribution in [0, 0.1) is 0 Å². The normalized spacial score (nSPS) is 15.3. The first-order valence-corrected chi connectivity index (χ1v) is 12.7. The van der Waals surface area contributed by atoms with Crippen molar-refractivity contribution < 1.29 is 14.2 Å². The van der Waals surface area contributed by atoms with Crippen molar-refractivity contribution in [3.05, 3.63) is 94.6 Å². The van der Waals surface area contributed by atoms with Crippen molar-refractivity contribution in [3.8, 4) is 17.2 Å². The number of benzene rings is 3. The Hall–Kier alpha value is -3.46. The minimum absolute atomic E-state index is 0.305. The molecule has 3 aromatic carbocycles. The van der Waals surface area contributed by atoms with Gasteiger partial charge >= 0.3 is 0 Å². The average molecular weight is 467 g/mol. The highest BCUT2D eigenvalue weighted by Gasteiger charge is 2.27. The molecule has 3 heteroatoms. The molecule has 35 heavy (non-hydrogen) atoms. The number of fused-ring (bicyclic) bond motifs is 3. The van der Waals surface area contributed by atoms with Crippen molar-refractivity contribution in [2.75, 3.05) is 6.61 Å². The maximum absolute atomic E-state index is 6.40. The van der Waals surface area contributed by atoms with Gasteiger partial charge in [0.15, 0.2) is 0 Å². The predicted octanol–water partition coefficient (Wildman–Crippen LogP) is 8.12. The van der Waals surface area contributed by atoms with Crippen LogP contribution in [0.2, 0.25) is 0 Å². The van der Waals surface area contributed by atoms with E-state index in [0.717, 1.165) is 51.5 Å². The molecule has 180 valence electrons. The van der Waals surface area contributed by atoms with E-state index in [1.54, 1.807) is 0 Å². The molecule has 0 fully saturated rings. The van der Waals surface area contributed by atoms with Gasteiger partial charge < -0.3 is 14.2 Å². The third-order valence-corrected chi connectivity index (χ3v) is 6.61. The zero-order valence-corrected chi connectivity index (χ0v) is 21.0. The van der Waals surface area contributed by atoms with Gasteiger partial charge in [-0.25, -0.2) is 0 Å². The second-order valence-corrected chi connectivity index (χ2v) is 9.95. The number of aryl methyl sites for hydroxylation is 1. The van der Waals surface area contributed by atoms with E-state index in [1.807, 2.05) is 12.1 Å². The fraction of sp³-hybridized carbons (Fsp3) is 0.312. The highest BCUT2D eigenvalue weighted by molar-refractivity contribution is 5.89. The van der Waals surface area contributed by atoms with Crippen LogP contribution in [0.4, 0.5) is 0 Å². The van der Waals surface area contributed by atoms with E-state index >= 15 is 0 Å². The smallest absolute Gasteiger partial charge is 0.137 e. The number of ether oxygens (including phenoxy) is 3. The molecular formula is C32H34O3. The summed E-state index contributed by atoms with van der Waals surface area (Å²) in [5.41, 5.74) is 6.49. The van der Waals surface area contributed by atoms with E-state index < -0.39 is 0 Å². The van der Waals surface area contributed by atoms with Crippen LogP contribution in [0.15, 0.2) is 66.7 Å². The number of unbranched alkanes of at least 4 members (excludes halogenated alkanes) is 2. The Morgan fingerprint density at radius 2 is 1.80 bits per heavy atom. The monoisotopic (exact) mass is 466 g/mol. The van der Waals surface area contributed by atoms with Crippen LogP contribution >= 0.6 is 0 Å². The van der Waals surface area contributed by atoms with E-state index in [2.05, 4.69) is 87.5 Å². The van der Waals surface area contributed by atoms with E-state index in [0.29, 0.717) is 13.2 Å². The molecule has 3 aromatic rings. The van der Waals surface area contributed by atoms with Gasteiger partial charge in [0.25, 0.3) is 0 Å². The first-order chi connectivity index (χ1) is 17.0. The SMILES string of the molecule is CCCCCc1ccc(C2=Cc3ccc4c(c3OC2)C=CC(C)(C)O4)c(OCc2ccccc2)c1. The molecule has 0 saturated heterocycles. The summed E-state index contributed by atoms with van der Waals surface area (Å²) in [6.45, 7) is 7.41. The van der Waals surface area contributed by atoms with Crippen molar-refractivity contribution in [2.45, 2.75) is 58.7 Å². The molecule has 0 spiro atoms. The second kappa shape index (κ2) is 10.0. The van der Waals surface area contributed by atoms with Gasteiger partial charge in [-0.3, -0.25) is 0 Å². The molecule has 2 aliphatic heterocycles. The van der Waals surface area contributed by atoms with Crippen LogP contribution in [0.25, 0.3) is 17.7 Å². The molecular weight excluding hydrogens is 432 g/mol. The Bertz CT molecular complexity index is 1250. The largest absolute Gasteiger partial charge is 0.488 e. The van der Waals surface area contributed by atoms with Crippen LogP contribution in [0.3, 0.4) is 0 Å². The van der Waals surface area contributed by atoms with Crippen molar-refractivity contribution >= 4 is 17.7 Å². The minimum Gasteiger partial charge on any atom is -0.488 e. The lowest BCUT2D eigenvalue weighted by Gasteiger charge is -2.30. The molecule has 0 aliphatic carbocycles. The average Bonchev–Trinajstić information content (AvgIpc) is 2.87. The molecule has 0 bridgehead atoms. The first kappa shape index (κ1) is 23.3. The van der Waals surface area contributed by atoms with Crippen molar-refractivity contribution in [3.63, 3.8) is 0 Å². The summed E-state index contributed by atoms with van der Waals surface area (Å²) in [7, 11) is 0. The van der Waals surface area contributed by atoms with Crippen molar-refractivity contribution in [2.24, 2.45) is 0 Å². The first-order valence-electron chi connectivity index (χ1n) is 12.7. The third-order valence-electron chi connectivity index (χ3n) is 6.61. The molecule has 0 N–H and O–H groups in total. The summed E-state index contributed by atoms with van der Waals surface area (Å²) in [4.78, 5) is 0. The van der Waals surface area contributed by atoms with E-state index in [-0.39, 0.29) is 5.60 Å². The van der Waals surface area contributed by atoms with Crippen molar-refractivity contribution in [1.29, 1.82) is 0 Å². The highest BCUT2D eigenvalue weighted by atomic mass is 16.5. The zero-order valence-electron chi connectivity index (χ0n) is 21.0.